The van der Waals surface area contributed by atoms with E-state index in [9.17, 15) is 9.18 Å². The minimum absolute atomic E-state index is 0.0142. The fourth-order valence-corrected chi connectivity index (χ4v) is 3.58. The van der Waals surface area contributed by atoms with Crippen LogP contribution in [0, 0.1) is 5.82 Å². The SMILES string of the molecule is CCc1ccccc1-c1ccc(-c2nc(-c3ccc(C=O)c(F)c3)no2)cc1COC. The van der Waals surface area contributed by atoms with Crippen LogP contribution in [0.15, 0.2) is 65.2 Å². The van der Waals surface area contributed by atoms with Gasteiger partial charge in [-0.2, -0.15) is 4.98 Å². The average Bonchev–Trinajstić information content (AvgIpc) is 3.29. The van der Waals surface area contributed by atoms with Crippen LogP contribution < -0.4 is 0 Å². The van der Waals surface area contributed by atoms with Crippen LogP contribution in [-0.4, -0.2) is 23.5 Å². The molecule has 1 aromatic heterocycles. The first-order valence-electron chi connectivity index (χ1n) is 9.94. The van der Waals surface area contributed by atoms with E-state index in [1.165, 1.54) is 23.3 Å². The van der Waals surface area contributed by atoms with Crippen molar-refractivity contribution in [2.24, 2.45) is 0 Å². The van der Waals surface area contributed by atoms with Crippen LogP contribution in [0.25, 0.3) is 34.0 Å². The molecule has 0 unspecified atom stereocenters. The van der Waals surface area contributed by atoms with Gasteiger partial charge in [0, 0.05) is 18.2 Å². The van der Waals surface area contributed by atoms with E-state index in [0.29, 0.717) is 24.3 Å². The minimum Gasteiger partial charge on any atom is -0.380 e. The van der Waals surface area contributed by atoms with E-state index in [-0.39, 0.29) is 11.4 Å². The Morgan fingerprint density at radius 2 is 1.77 bits per heavy atom. The molecule has 4 aromatic rings. The van der Waals surface area contributed by atoms with Gasteiger partial charge >= 0.3 is 0 Å². The molecule has 0 saturated heterocycles. The Kier molecular flexibility index (Phi) is 6.00. The van der Waals surface area contributed by atoms with Gasteiger partial charge in [0.2, 0.25) is 5.82 Å². The number of halogens is 1. The highest BCUT2D eigenvalue weighted by Crippen LogP contribution is 2.32. The van der Waals surface area contributed by atoms with Gasteiger partial charge in [-0.25, -0.2) is 4.39 Å². The summed E-state index contributed by atoms with van der Waals surface area (Å²) in [5.74, 6) is -0.0530. The van der Waals surface area contributed by atoms with E-state index in [4.69, 9.17) is 9.26 Å². The monoisotopic (exact) mass is 416 g/mol. The third kappa shape index (κ3) is 4.15. The van der Waals surface area contributed by atoms with Crippen LogP contribution in [-0.2, 0) is 17.8 Å². The molecule has 0 spiro atoms. The molecule has 0 N–H and O–H groups in total. The minimum atomic E-state index is -0.625. The topological polar surface area (TPSA) is 65.2 Å². The summed E-state index contributed by atoms with van der Waals surface area (Å²) in [6.45, 7) is 2.56. The van der Waals surface area contributed by atoms with Crippen molar-refractivity contribution in [1.29, 1.82) is 0 Å². The van der Waals surface area contributed by atoms with E-state index >= 15 is 0 Å². The maximum absolute atomic E-state index is 13.9. The molecule has 4 rings (SSSR count). The van der Waals surface area contributed by atoms with Gasteiger partial charge in [0.15, 0.2) is 6.29 Å². The zero-order valence-corrected chi connectivity index (χ0v) is 17.3. The van der Waals surface area contributed by atoms with Gasteiger partial charge in [-0.3, -0.25) is 4.79 Å². The predicted molar refractivity (Wildman–Crippen MR) is 116 cm³/mol. The molecule has 0 aliphatic carbocycles. The summed E-state index contributed by atoms with van der Waals surface area (Å²) in [6.07, 6.45) is 1.40. The molecule has 5 nitrogen and oxygen atoms in total. The molecular formula is C25H21FN2O3. The fraction of sp³-hybridized carbons (Fsp3) is 0.160. The lowest BCUT2D eigenvalue weighted by molar-refractivity contribution is 0.112. The number of aryl methyl sites for hydroxylation is 1. The Labute approximate surface area is 179 Å². The molecule has 0 bridgehead atoms. The number of benzene rings is 3. The van der Waals surface area contributed by atoms with E-state index in [0.717, 1.165) is 23.1 Å². The largest absolute Gasteiger partial charge is 0.380 e. The second-order valence-corrected chi connectivity index (χ2v) is 7.09. The van der Waals surface area contributed by atoms with Gasteiger partial charge in [0.1, 0.15) is 5.82 Å². The number of methoxy groups -OCH3 is 1. The fourth-order valence-electron chi connectivity index (χ4n) is 3.58. The third-order valence-corrected chi connectivity index (χ3v) is 5.15. The van der Waals surface area contributed by atoms with Crippen LogP contribution in [0.1, 0.15) is 28.4 Å². The maximum Gasteiger partial charge on any atom is 0.258 e. The molecule has 3 aromatic carbocycles. The first-order valence-corrected chi connectivity index (χ1v) is 9.94. The highest BCUT2D eigenvalue weighted by atomic mass is 19.1. The smallest absolute Gasteiger partial charge is 0.258 e. The highest BCUT2D eigenvalue weighted by Gasteiger charge is 2.15. The summed E-state index contributed by atoms with van der Waals surface area (Å²) < 4.78 is 24.8. The molecule has 31 heavy (non-hydrogen) atoms. The predicted octanol–water partition coefficient (Wildman–Crippen LogP) is 5.73. The molecule has 6 heteroatoms. The van der Waals surface area contributed by atoms with Crippen LogP contribution in [0.4, 0.5) is 4.39 Å². The number of aromatic nitrogens is 2. The van der Waals surface area contributed by atoms with Crippen molar-refractivity contribution in [2.75, 3.05) is 7.11 Å². The summed E-state index contributed by atoms with van der Waals surface area (Å²) in [5, 5.41) is 3.97. The molecule has 0 amide bonds. The van der Waals surface area contributed by atoms with Gasteiger partial charge in [0.25, 0.3) is 5.89 Å². The Morgan fingerprint density at radius 3 is 2.52 bits per heavy atom. The van der Waals surface area contributed by atoms with Gasteiger partial charge in [-0.05, 0) is 52.9 Å². The molecular weight excluding hydrogens is 395 g/mol. The van der Waals surface area contributed by atoms with E-state index in [1.54, 1.807) is 13.2 Å². The Balaban J connectivity index is 1.72. The molecule has 0 radical (unpaired) electrons. The van der Waals surface area contributed by atoms with Crippen LogP contribution in [0.5, 0.6) is 0 Å². The summed E-state index contributed by atoms with van der Waals surface area (Å²) >= 11 is 0. The van der Waals surface area contributed by atoms with Crippen molar-refractivity contribution < 1.29 is 18.4 Å². The number of nitrogens with zero attached hydrogens (tertiary/aromatic N) is 2. The maximum atomic E-state index is 13.9. The number of carbonyl (C=O) groups is 1. The number of carbonyl (C=O) groups excluding carboxylic acids is 1. The Hall–Kier alpha value is -3.64. The van der Waals surface area contributed by atoms with Gasteiger partial charge in [-0.15, -0.1) is 0 Å². The van der Waals surface area contributed by atoms with Gasteiger partial charge in [0.05, 0.1) is 12.2 Å². The molecule has 0 aliphatic rings. The van der Waals surface area contributed by atoms with Crippen molar-refractivity contribution in [2.45, 2.75) is 20.0 Å². The number of hydrogen-bond donors (Lipinski definition) is 0. The second-order valence-electron chi connectivity index (χ2n) is 7.09. The quantitative estimate of drug-likeness (QED) is 0.360. The Bertz CT molecular complexity index is 1230. The summed E-state index contributed by atoms with van der Waals surface area (Å²) in [6, 6.07) is 18.4. The highest BCUT2D eigenvalue weighted by molar-refractivity contribution is 5.77. The number of hydrogen-bond acceptors (Lipinski definition) is 5. The van der Waals surface area contributed by atoms with Crippen molar-refractivity contribution in [3.05, 3.63) is 83.2 Å². The second kappa shape index (κ2) is 9.02. The van der Waals surface area contributed by atoms with E-state index in [1.807, 2.05) is 30.3 Å². The zero-order chi connectivity index (χ0) is 21.8. The van der Waals surface area contributed by atoms with Crippen LogP contribution in [0.3, 0.4) is 0 Å². The zero-order valence-electron chi connectivity index (χ0n) is 17.3. The number of aldehydes is 1. The van der Waals surface area contributed by atoms with Crippen molar-refractivity contribution in [3.8, 4) is 34.0 Å². The van der Waals surface area contributed by atoms with E-state index < -0.39 is 5.82 Å². The molecule has 156 valence electrons. The Morgan fingerprint density at radius 1 is 1.00 bits per heavy atom. The lowest BCUT2D eigenvalue weighted by Crippen LogP contribution is -1.96. The van der Waals surface area contributed by atoms with E-state index in [2.05, 4.69) is 29.2 Å². The van der Waals surface area contributed by atoms with Crippen molar-refractivity contribution >= 4 is 6.29 Å². The normalized spacial score (nSPS) is 10.9. The lowest BCUT2D eigenvalue weighted by Gasteiger charge is -2.13. The average molecular weight is 416 g/mol. The lowest BCUT2D eigenvalue weighted by atomic mass is 9.93. The van der Waals surface area contributed by atoms with Gasteiger partial charge in [-0.1, -0.05) is 48.5 Å². The van der Waals surface area contributed by atoms with Crippen LogP contribution in [0.2, 0.25) is 0 Å². The van der Waals surface area contributed by atoms with Crippen molar-refractivity contribution in [3.63, 3.8) is 0 Å². The molecule has 0 saturated carbocycles. The van der Waals surface area contributed by atoms with Gasteiger partial charge < -0.3 is 9.26 Å². The molecule has 0 atom stereocenters. The first kappa shape index (κ1) is 20.6. The molecule has 0 fully saturated rings. The summed E-state index contributed by atoms with van der Waals surface area (Å²) in [5.41, 5.74) is 5.68. The van der Waals surface area contributed by atoms with Crippen molar-refractivity contribution in [1.82, 2.24) is 10.1 Å². The summed E-state index contributed by atoms with van der Waals surface area (Å²) in [4.78, 5) is 15.2. The standard InChI is InChI=1S/C25H21FN2O3/c1-3-16-6-4-5-7-21(16)22-11-10-18(12-20(22)15-30-2)25-27-24(28-31-25)17-8-9-19(14-29)23(26)13-17/h4-14H,3,15H2,1-2H3. The number of ether oxygens (including phenoxy) is 1. The summed E-state index contributed by atoms with van der Waals surface area (Å²) in [7, 11) is 1.66. The van der Waals surface area contributed by atoms with Crippen LogP contribution >= 0.6 is 0 Å². The first-order chi connectivity index (χ1) is 15.1. The number of rotatable bonds is 7. The molecule has 0 aliphatic heterocycles. The molecule has 1 heterocycles. The third-order valence-electron chi connectivity index (χ3n) is 5.15.